The third-order valence-electron chi connectivity index (χ3n) is 6.44. The predicted molar refractivity (Wildman–Crippen MR) is 159 cm³/mol. The van der Waals surface area contributed by atoms with Gasteiger partial charge in [-0.3, -0.25) is 14.3 Å². The Bertz CT molecular complexity index is 1670. The SMILES string of the molecule is CC(C(=O)NCc1ccccc1Cl)N(Cc1ccc(F)cc1)C(=O)COc1ccc(S(=O)(=O)Nc2ccc(F)cc2)cc1. The van der Waals surface area contributed by atoms with E-state index in [0.717, 1.165) is 12.1 Å². The fourth-order valence-corrected chi connectivity index (χ4v) is 5.28. The highest BCUT2D eigenvalue weighted by atomic mass is 35.5. The molecule has 1 unspecified atom stereocenters. The van der Waals surface area contributed by atoms with Gasteiger partial charge in [-0.05, 0) is 84.8 Å². The molecular weight excluding hydrogens is 600 g/mol. The Morgan fingerprint density at radius 1 is 0.884 bits per heavy atom. The molecule has 4 aromatic carbocycles. The molecule has 2 amide bonds. The van der Waals surface area contributed by atoms with Crippen molar-refractivity contribution in [1.82, 2.24) is 10.2 Å². The van der Waals surface area contributed by atoms with Crippen LogP contribution in [0.3, 0.4) is 0 Å². The van der Waals surface area contributed by atoms with E-state index >= 15 is 0 Å². The van der Waals surface area contributed by atoms with Crippen molar-refractivity contribution in [3.8, 4) is 5.75 Å². The number of carbonyl (C=O) groups excluding carboxylic acids is 2. The summed E-state index contributed by atoms with van der Waals surface area (Å²) in [5, 5.41) is 3.28. The molecule has 0 heterocycles. The maximum atomic E-state index is 13.5. The maximum absolute atomic E-state index is 13.5. The summed E-state index contributed by atoms with van der Waals surface area (Å²) in [7, 11) is -3.96. The van der Waals surface area contributed by atoms with Crippen LogP contribution in [0.4, 0.5) is 14.5 Å². The maximum Gasteiger partial charge on any atom is 0.261 e. The van der Waals surface area contributed by atoms with Crippen LogP contribution >= 0.6 is 11.6 Å². The van der Waals surface area contributed by atoms with E-state index in [1.54, 1.807) is 31.2 Å². The third kappa shape index (κ3) is 8.76. The van der Waals surface area contributed by atoms with Crippen LogP contribution in [0.5, 0.6) is 5.75 Å². The van der Waals surface area contributed by atoms with E-state index in [1.165, 1.54) is 65.6 Å². The van der Waals surface area contributed by atoms with Gasteiger partial charge in [0.25, 0.3) is 15.9 Å². The van der Waals surface area contributed by atoms with Crippen LogP contribution < -0.4 is 14.8 Å². The van der Waals surface area contributed by atoms with Gasteiger partial charge in [-0.1, -0.05) is 41.9 Å². The van der Waals surface area contributed by atoms with Crippen LogP contribution in [0.15, 0.2) is 102 Å². The van der Waals surface area contributed by atoms with Crippen LogP contribution in [0.2, 0.25) is 5.02 Å². The van der Waals surface area contributed by atoms with Crippen molar-refractivity contribution >= 4 is 39.1 Å². The standard InChI is InChI=1S/C31H28ClF2N3O5S/c1-21(31(39)35-18-23-4-2-3-5-29(23)32)37(19-22-6-8-24(33)9-7-22)30(38)20-42-27-14-16-28(17-15-27)43(40,41)36-26-12-10-25(34)11-13-26/h2-17,21,36H,18-20H2,1H3,(H,35,39). The lowest BCUT2D eigenvalue weighted by molar-refractivity contribution is -0.142. The first kappa shape index (κ1) is 31.5. The Labute approximate surface area is 253 Å². The molecule has 0 aliphatic heterocycles. The number of benzene rings is 4. The quantitative estimate of drug-likeness (QED) is 0.215. The second kappa shape index (κ2) is 14.1. The van der Waals surface area contributed by atoms with Crippen molar-refractivity contribution in [2.45, 2.75) is 31.0 Å². The molecule has 224 valence electrons. The topological polar surface area (TPSA) is 105 Å². The number of halogens is 3. The van der Waals surface area contributed by atoms with E-state index in [0.29, 0.717) is 16.1 Å². The first-order valence-corrected chi connectivity index (χ1v) is 14.9. The number of hydrogen-bond acceptors (Lipinski definition) is 5. The molecule has 0 radical (unpaired) electrons. The van der Waals surface area contributed by atoms with E-state index in [4.69, 9.17) is 16.3 Å². The van der Waals surface area contributed by atoms with Gasteiger partial charge in [-0.2, -0.15) is 0 Å². The van der Waals surface area contributed by atoms with Gasteiger partial charge in [0.1, 0.15) is 23.4 Å². The lowest BCUT2D eigenvalue weighted by atomic mass is 10.1. The van der Waals surface area contributed by atoms with Gasteiger partial charge in [-0.25, -0.2) is 17.2 Å². The molecule has 0 bridgehead atoms. The van der Waals surface area contributed by atoms with Crippen LogP contribution in [0, 0.1) is 11.6 Å². The number of nitrogens with one attached hydrogen (secondary N) is 2. The minimum atomic E-state index is -3.96. The summed E-state index contributed by atoms with van der Waals surface area (Å²) in [5.74, 6) is -1.68. The molecule has 43 heavy (non-hydrogen) atoms. The number of amides is 2. The number of rotatable bonds is 12. The normalized spacial score (nSPS) is 11.8. The van der Waals surface area contributed by atoms with Crippen LogP contribution in [0.25, 0.3) is 0 Å². The number of ether oxygens (including phenoxy) is 1. The monoisotopic (exact) mass is 627 g/mol. The lowest BCUT2D eigenvalue weighted by Crippen LogP contribution is -2.48. The number of carbonyl (C=O) groups is 2. The highest BCUT2D eigenvalue weighted by Gasteiger charge is 2.27. The Morgan fingerprint density at radius 2 is 1.49 bits per heavy atom. The Hall–Kier alpha value is -4.48. The fourth-order valence-electron chi connectivity index (χ4n) is 4.02. The van der Waals surface area contributed by atoms with Crippen LogP contribution in [-0.2, 0) is 32.7 Å². The number of anilines is 1. The van der Waals surface area contributed by atoms with E-state index in [9.17, 15) is 26.8 Å². The van der Waals surface area contributed by atoms with Gasteiger partial charge in [0, 0.05) is 23.8 Å². The van der Waals surface area contributed by atoms with Gasteiger partial charge in [0.15, 0.2) is 6.61 Å². The summed E-state index contributed by atoms with van der Waals surface area (Å²) in [4.78, 5) is 27.6. The summed E-state index contributed by atoms with van der Waals surface area (Å²) in [6.45, 7) is 1.28. The molecule has 0 fully saturated rings. The summed E-state index contributed by atoms with van der Waals surface area (Å²) in [6.07, 6.45) is 0. The average Bonchev–Trinajstić information content (AvgIpc) is 3.00. The molecule has 1 atom stereocenters. The molecule has 0 aromatic heterocycles. The lowest BCUT2D eigenvalue weighted by Gasteiger charge is -2.29. The Kier molecular flexibility index (Phi) is 10.3. The second-order valence-electron chi connectivity index (χ2n) is 9.51. The molecular formula is C31H28ClF2N3O5S. The average molecular weight is 628 g/mol. The fraction of sp³-hybridized carbons (Fsp3) is 0.161. The van der Waals surface area contributed by atoms with Crippen molar-refractivity contribution in [3.05, 3.63) is 125 Å². The zero-order chi connectivity index (χ0) is 31.0. The molecule has 2 N–H and O–H groups in total. The van der Waals surface area contributed by atoms with Gasteiger partial charge in [0.2, 0.25) is 5.91 Å². The van der Waals surface area contributed by atoms with E-state index in [-0.39, 0.29) is 29.4 Å². The van der Waals surface area contributed by atoms with Gasteiger partial charge < -0.3 is 15.0 Å². The molecule has 4 aromatic rings. The molecule has 12 heteroatoms. The third-order valence-corrected chi connectivity index (χ3v) is 8.20. The summed E-state index contributed by atoms with van der Waals surface area (Å²) in [5.41, 5.74) is 1.50. The molecule has 0 saturated carbocycles. The zero-order valence-electron chi connectivity index (χ0n) is 23.0. The Balaban J connectivity index is 1.42. The highest BCUT2D eigenvalue weighted by Crippen LogP contribution is 2.20. The molecule has 8 nitrogen and oxygen atoms in total. The number of hydrogen-bond donors (Lipinski definition) is 2. The van der Waals surface area contributed by atoms with E-state index < -0.39 is 46.1 Å². The molecule has 0 saturated heterocycles. The molecule has 0 aliphatic rings. The molecule has 0 spiro atoms. The van der Waals surface area contributed by atoms with Crippen molar-refractivity contribution in [1.29, 1.82) is 0 Å². The molecule has 0 aliphatic carbocycles. The van der Waals surface area contributed by atoms with Gasteiger partial charge in [-0.15, -0.1) is 0 Å². The van der Waals surface area contributed by atoms with Gasteiger partial charge in [0.05, 0.1) is 4.90 Å². The van der Waals surface area contributed by atoms with Crippen molar-refractivity contribution in [2.75, 3.05) is 11.3 Å². The highest BCUT2D eigenvalue weighted by molar-refractivity contribution is 7.92. The molecule has 4 rings (SSSR count). The van der Waals surface area contributed by atoms with E-state index in [1.807, 2.05) is 0 Å². The number of sulfonamides is 1. The summed E-state index contributed by atoms with van der Waals surface area (Å²) in [6, 6.07) is 21.9. The second-order valence-corrected chi connectivity index (χ2v) is 11.6. The van der Waals surface area contributed by atoms with Crippen molar-refractivity contribution in [3.63, 3.8) is 0 Å². The largest absolute Gasteiger partial charge is 0.484 e. The number of nitrogens with zero attached hydrogens (tertiary/aromatic N) is 1. The zero-order valence-corrected chi connectivity index (χ0v) is 24.5. The minimum Gasteiger partial charge on any atom is -0.484 e. The van der Waals surface area contributed by atoms with Crippen molar-refractivity contribution in [2.24, 2.45) is 0 Å². The minimum absolute atomic E-state index is 0.00932. The van der Waals surface area contributed by atoms with Crippen LogP contribution in [0.1, 0.15) is 18.1 Å². The summed E-state index contributed by atoms with van der Waals surface area (Å²) >= 11 is 6.18. The first-order chi connectivity index (χ1) is 20.5. The van der Waals surface area contributed by atoms with E-state index in [2.05, 4.69) is 10.0 Å². The summed E-state index contributed by atoms with van der Waals surface area (Å²) < 4.78 is 59.9. The van der Waals surface area contributed by atoms with Gasteiger partial charge >= 0.3 is 0 Å². The smallest absolute Gasteiger partial charge is 0.261 e. The van der Waals surface area contributed by atoms with Crippen molar-refractivity contribution < 1.29 is 31.5 Å². The first-order valence-electron chi connectivity index (χ1n) is 13.1. The Morgan fingerprint density at radius 3 is 2.12 bits per heavy atom. The predicted octanol–water partition coefficient (Wildman–Crippen LogP) is 5.53. The van der Waals surface area contributed by atoms with Crippen LogP contribution in [-0.4, -0.2) is 37.8 Å².